The summed E-state index contributed by atoms with van der Waals surface area (Å²) in [5, 5.41) is 1.23. The van der Waals surface area contributed by atoms with Crippen LogP contribution in [0.4, 0.5) is 0 Å². The standard InChI is InChI=1S/C15H13N3O/c1-19-10-3-5-13-12(6-10)11-4-2-9-7-16-8-17-14(9)15(11)18-13/h3,5-8,18H,2,4H2,1H3. The molecule has 1 aliphatic carbocycles. The van der Waals surface area contributed by atoms with Crippen molar-refractivity contribution in [2.24, 2.45) is 0 Å². The Kier molecular flexibility index (Phi) is 2.12. The van der Waals surface area contributed by atoms with Gasteiger partial charge in [0.1, 0.15) is 12.1 Å². The maximum Gasteiger partial charge on any atom is 0.119 e. The maximum absolute atomic E-state index is 5.31. The summed E-state index contributed by atoms with van der Waals surface area (Å²) in [6.07, 6.45) is 5.54. The summed E-state index contributed by atoms with van der Waals surface area (Å²) in [6, 6.07) is 6.13. The molecule has 0 unspecified atom stereocenters. The van der Waals surface area contributed by atoms with Crippen LogP contribution in [0, 0.1) is 0 Å². The van der Waals surface area contributed by atoms with Crippen molar-refractivity contribution in [1.82, 2.24) is 15.0 Å². The monoisotopic (exact) mass is 251 g/mol. The van der Waals surface area contributed by atoms with Crippen LogP contribution < -0.4 is 4.74 Å². The van der Waals surface area contributed by atoms with Gasteiger partial charge in [-0.2, -0.15) is 0 Å². The van der Waals surface area contributed by atoms with Crippen LogP contribution in [0.3, 0.4) is 0 Å². The Hall–Kier alpha value is -2.36. The van der Waals surface area contributed by atoms with E-state index in [2.05, 4.69) is 27.1 Å². The predicted octanol–water partition coefficient (Wildman–Crippen LogP) is 2.73. The first kappa shape index (κ1) is 10.6. The molecule has 4 heteroatoms. The third-order valence-corrected chi connectivity index (χ3v) is 3.78. The lowest BCUT2D eigenvalue weighted by atomic mass is 9.93. The van der Waals surface area contributed by atoms with Crippen molar-refractivity contribution in [3.63, 3.8) is 0 Å². The number of nitrogens with one attached hydrogen (secondary N) is 1. The molecule has 1 aliphatic rings. The zero-order valence-electron chi connectivity index (χ0n) is 10.6. The normalized spacial score (nSPS) is 13.1. The zero-order valence-corrected chi connectivity index (χ0v) is 10.6. The van der Waals surface area contributed by atoms with Crippen LogP contribution in [0.2, 0.25) is 0 Å². The number of ether oxygens (including phenoxy) is 1. The van der Waals surface area contributed by atoms with Crippen LogP contribution in [0.15, 0.2) is 30.7 Å². The second kappa shape index (κ2) is 3.82. The number of H-pyrrole nitrogens is 1. The molecular weight excluding hydrogens is 238 g/mol. The molecular formula is C15H13N3O. The van der Waals surface area contributed by atoms with Crippen molar-refractivity contribution >= 4 is 10.9 Å². The summed E-state index contributed by atoms with van der Waals surface area (Å²) < 4.78 is 5.31. The number of rotatable bonds is 1. The van der Waals surface area contributed by atoms with Crippen LogP contribution in [-0.4, -0.2) is 22.1 Å². The zero-order chi connectivity index (χ0) is 12.8. The minimum absolute atomic E-state index is 0.891. The number of aryl methyl sites for hydroxylation is 2. The lowest BCUT2D eigenvalue weighted by Gasteiger charge is -2.14. The molecule has 0 spiro atoms. The van der Waals surface area contributed by atoms with Gasteiger partial charge in [0.2, 0.25) is 0 Å². The molecule has 19 heavy (non-hydrogen) atoms. The molecule has 1 aromatic carbocycles. The highest BCUT2D eigenvalue weighted by molar-refractivity contribution is 5.92. The molecule has 0 atom stereocenters. The van der Waals surface area contributed by atoms with Crippen molar-refractivity contribution in [2.75, 3.05) is 7.11 Å². The Bertz CT molecular complexity index is 776. The lowest BCUT2D eigenvalue weighted by molar-refractivity contribution is 0.415. The molecule has 1 N–H and O–H groups in total. The highest BCUT2D eigenvalue weighted by Crippen LogP contribution is 2.36. The van der Waals surface area contributed by atoms with Gasteiger partial charge in [-0.15, -0.1) is 0 Å². The quantitative estimate of drug-likeness (QED) is 0.723. The van der Waals surface area contributed by atoms with Gasteiger partial charge in [0.05, 0.1) is 18.5 Å². The fourth-order valence-electron chi connectivity index (χ4n) is 2.84. The second-order valence-electron chi connectivity index (χ2n) is 4.79. The molecule has 0 saturated carbocycles. The lowest BCUT2D eigenvalue weighted by Crippen LogP contribution is -2.05. The van der Waals surface area contributed by atoms with Gasteiger partial charge in [-0.1, -0.05) is 0 Å². The number of aromatic amines is 1. The van der Waals surface area contributed by atoms with E-state index >= 15 is 0 Å². The van der Waals surface area contributed by atoms with Gasteiger partial charge in [-0.05, 0) is 42.2 Å². The van der Waals surface area contributed by atoms with Crippen LogP contribution >= 0.6 is 0 Å². The van der Waals surface area contributed by atoms with Crippen molar-refractivity contribution < 1.29 is 4.74 Å². The van der Waals surface area contributed by atoms with Crippen molar-refractivity contribution in [2.45, 2.75) is 12.8 Å². The van der Waals surface area contributed by atoms with E-state index in [-0.39, 0.29) is 0 Å². The van der Waals surface area contributed by atoms with Crippen LogP contribution in [-0.2, 0) is 12.8 Å². The summed E-state index contributed by atoms with van der Waals surface area (Å²) in [6.45, 7) is 0. The average molecular weight is 251 g/mol. The summed E-state index contributed by atoms with van der Waals surface area (Å²) in [4.78, 5) is 12.0. The SMILES string of the molecule is COc1ccc2[nH]c3c(c2c1)CCc1cncnc1-3. The largest absolute Gasteiger partial charge is 0.497 e. The minimum Gasteiger partial charge on any atom is -0.497 e. The highest BCUT2D eigenvalue weighted by Gasteiger charge is 2.21. The molecule has 3 aromatic rings. The Balaban J connectivity index is 2.02. The summed E-state index contributed by atoms with van der Waals surface area (Å²) in [7, 11) is 1.70. The first-order valence-electron chi connectivity index (χ1n) is 6.34. The summed E-state index contributed by atoms with van der Waals surface area (Å²) in [5.41, 5.74) is 5.85. The number of methoxy groups -OCH3 is 1. The molecule has 0 fully saturated rings. The molecule has 2 heterocycles. The molecule has 0 saturated heterocycles. The van der Waals surface area contributed by atoms with Gasteiger partial charge < -0.3 is 9.72 Å². The first-order chi connectivity index (χ1) is 9.36. The van der Waals surface area contributed by atoms with Gasteiger partial charge >= 0.3 is 0 Å². The van der Waals surface area contributed by atoms with Gasteiger partial charge in [0, 0.05) is 17.1 Å². The van der Waals surface area contributed by atoms with Crippen molar-refractivity contribution in [1.29, 1.82) is 0 Å². The molecule has 4 nitrogen and oxygen atoms in total. The summed E-state index contributed by atoms with van der Waals surface area (Å²) in [5.74, 6) is 0.891. The fourth-order valence-corrected chi connectivity index (χ4v) is 2.84. The maximum atomic E-state index is 5.31. The molecule has 0 amide bonds. The topological polar surface area (TPSA) is 50.8 Å². The minimum atomic E-state index is 0.891. The molecule has 4 rings (SSSR count). The van der Waals surface area contributed by atoms with Crippen LogP contribution in [0.1, 0.15) is 11.1 Å². The molecule has 0 radical (unpaired) electrons. The Morgan fingerprint density at radius 1 is 1.26 bits per heavy atom. The average Bonchev–Trinajstić information content (AvgIpc) is 2.85. The van der Waals surface area contributed by atoms with Crippen molar-refractivity contribution in [3.8, 4) is 17.1 Å². The number of fused-ring (bicyclic) bond motifs is 5. The van der Waals surface area contributed by atoms with E-state index in [1.807, 2.05) is 12.3 Å². The van der Waals surface area contributed by atoms with Gasteiger partial charge in [-0.3, -0.25) is 0 Å². The molecule has 0 bridgehead atoms. The molecule has 2 aromatic heterocycles. The van der Waals surface area contributed by atoms with Crippen molar-refractivity contribution in [3.05, 3.63) is 41.9 Å². The Labute approximate surface area is 110 Å². The van der Waals surface area contributed by atoms with Gasteiger partial charge in [-0.25, -0.2) is 9.97 Å². The third-order valence-electron chi connectivity index (χ3n) is 3.78. The van der Waals surface area contributed by atoms with Gasteiger partial charge in [0.25, 0.3) is 0 Å². The summed E-state index contributed by atoms with van der Waals surface area (Å²) >= 11 is 0. The van der Waals surface area contributed by atoms with E-state index in [1.165, 1.54) is 16.5 Å². The van der Waals surface area contributed by atoms with E-state index < -0.39 is 0 Å². The Morgan fingerprint density at radius 2 is 2.21 bits per heavy atom. The molecule has 0 aliphatic heterocycles. The number of hydrogen-bond donors (Lipinski definition) is 1. The third kappa shape index (κ3) is 1.46. The number of hydrogen-bond acceptors (Lipinski definition) is 3. The number of benzene rings is 1. The smallest absolute Gasteiger partial charge is 0.119 e. The first-order valence-corrected chi connectivity index (χ1v) is 6.34. The van der Waals surface area contributed by atoms with Crippen LogP contribution in [0.5, 0.6) is 5.75 Å². The predicted molar refractivity (Wildman–Crippen MR) is 73.3 cm³/mol. The van der Waals surface area contributed by atoms with E-state index in [0.29, 0.717) is 0 Å². The highest BCUT2D eigenvalue weighted by atomic mass is 16.5. The Morgan fingerprint density at radius 3 is 3.11 bits per heavy atom. The van der Waals surface area contributed by atoms with E-state index in [0.717, 1.165) is 35.5 Å². The fraction of sp³-hybridized carbons (Fsp3) is 0.200. The van der Waals surface area contributed by atoms with E-state index in [1.54, 1.807) is 13.4 Å². The van der Waals surface area contributed by atoms with Gasteiger partial charge in [0.15, 0.2) is 0 Å². The number of aromatic nitrogens is 3. The second-order valence-corrected chi connectivity index (χ2v) is 4.79. The van der Waals surface area contributed by atoms with E-state index in [4.69, 9.17) is 4.74 Å². The van der Waals surface area contributed by atoms with E-state index in [9.17, 15) is 0 Å². The number of nitrogens with zero attached hydrogens (tertiary/aromatic N) is 2. The van der Waals surface area contributed by atoms with Crippen LogP contribution in [0.25, 0.3) is 22.3 Å². The molecule has 94 valence electrons.